The molecule has 0 saturated carbocycles. The van der Waals surface area contributed by atoms with Crippen molar-refractivity contribution in [3.05, 3.63) is 78.5 Å². The van der Waals surface area contributed by atoms with E-state index in [1.165, 1.54) is 0 Å². The second kappa shape index (κ2) is 6.36. The molecule has 0 unspecified atom stereocenters. The summed E-state index contributed by atoms with van der Waals surface area (Å²) in [6.07, 6.45) is 0. The Bertz CT molecular complexity index is 1080. The lowest BCUT2D eigenvalue weighted by molar-refractivity contribution is 0.0521. The van der Waals surface area contributed by atoms with Crippen molar-refractivity contribution < 1.29 is 9.53 Å². The van der Waals surface area contributed by atoms with Crippen molar-refractivity contribution in [3.63, 3.8) is 0 Å². The Kier molecular flexibility index (Phi) is 3.90. The van der Waals surface area contributed by atoms with Crippen LogP contribution < -0.4 is 0 Å². The first-order valence-electron chi connectivity index (χ1n) is 8.33. The number of carbonyl (C=O) groups is 1. The molecule has 0 aliphatic heterocycles. The van der Waals surface area contributed by atoms with Crippen LogP contribution in [0.2, 0.25) is 0 Å². The molecule has 0 N–H and O–H groups in total. The average Bonchev–Trinajstić information content (AvgIpc) is 2.66. The fourth-order valence-corrected chi connectivity index (χ4v) is 3.14. The number of pyridine rings is 1. The lowest BCUT2D eigenvalue weighted by atomic mass is 9.96. The summed E-state index contributed by atoms with van der Waals surface area (Å²) in [5.74, 6) is -0.392. The summed E-state index contributed by atoms with van der Waals surface area (Å²) < 4.78 is 5.25. The van der Waals surface area contributed by atoms with Gasteiger partial charge in [-0.15, -0.1) is 0 Å². The molecule has 0 spiro atoms. The number of rotatable bonds is 3. The van der Waals surface area contributed by atoms with Crippen molar-refractivity contribution in [2.24, 2.45) is 0 Å². The van der Waals surface area contributed by atoms with E-state index in [1.54, 1.807) is 6.92 Å². The molecule has 0 bridgehead atoms. The Hall–Kier alpha value is -3.20. The molecule has 0 aliphatic carbocycles. The van der Waals surface area contributed by atoms with Crippen LogP contribution in [0.4, 0.5) is 0 Å². The highest BCUT2D eigenvalue weighted by molar-refractivity contribution is 6.05. The summed E-state index contributed by atoms with van der Waals surface area (Å²) in [7, 11) is 0. The molecular weight excluding hydrogens is 310 g/mol. The van der Waals surface area contributed by atoms with Gasteiger partial charge < -0.3 is 4.74 Å². The van der Waals surface area contributed by atoms with E-state index in [0.717, 1.165) is 32.8 Å². The van der Waals surface area contributed by atoms with Crippen LogP contribution in [0.15, 0.2) is 72.8 Å². The second-order valence-electron chi connectivity index (χ2n) is 5.82. The van der Waals surface area contributed by atoms with Crippen LogP contribution in [0.3, 0.4) is 0 Å². The number of carbonyl (C=O) groups excluding carboxylic acids is 1. The third-order valence-corrected chi connectivity index (χ3v) is 4.27. The molecule has 4 rings (SSSR count). The van der Waals surface area contributed by atoms with Gasteiger partial charge >= 0.3 is 5.97 Å². The van der Waals surface area contributed by atoms with E-state index in [0.29, 0.717) is 12.3 Å². The van der Waals surface area contributed by atoms with Gasteiger partial charge in [0.1, 0.15) is 0 Å². The zero-order valence-corrected chi connectivity index (χ0v) is 13.9. The van der Waals surface area contributed by atoms with Gasteiger partial charge in [-0.25, -0.2) is 9.78 Å². The molecule has 1 aromatic heterocycles. The van der Waals surface area contributed by atoms with Crippen LogP contribution >= 0.6 is 0 Å². The van der Waals surface area contributed by atoms with Gasteiger partial charge in [0.15, 0.2) is 5.69 Å². The van der Waals surface area contributed by atoms with E-state index in [-0.39, 0.29) is 0 Å². The minimum atomic E-state index is -0.392. The molecule has 4 aromatic rings. The van der Waals surface area contributed by atoms with Gasteiger partial charge in [0.2, 0.25) is 0 Å². The third kappa shape index (κ3) is 2.74. The lowest BCUT2D eigenvalue weighted by Crippen LogP contribution is -2.09. The van der Waals surface area contributed by atoms with Gasteiger partial charge in [-0.2, -0.15) is 0 Å². The molecular formula is C22H17NO2. The monoisotopic (exact) mass is 327 g/mol. The Balaban J connectivity index is 2.04. The van der Waals surface area contributed by atoms with Crippen molar-refractivity contribution in [1.82, 2.24) is 4.98 Å². The predicted octanol–water partition coefficient (Wildman–Crippen LogP) is 5.23. The number of benzene rings is 3. The summed E-state index contributed by atoms with van der Waals surface area (Å²) in [5, 5.41) is 3.22. The van der Waals surface area contributed by atoms with Gasteiger partial charge in [-0.3, -0.25) is 0 Å². The van der Waals surface area contributed by atoms with Crippen LogP contribution in [0.5, 0.6) is 0 Å². The molecule has 0 radical (unpaired) electrons. The summed E-state index contributed by atoms with van der Waals surface area (Å²) in [6, 6.07) is 24.1. The van der Waals surface area contributed by atoms with Gasteiger partial charge in [0.05, 0.1) is 12.1 Å². The first kappa shape index (κ1) is 15.3. The maximum Gasteiger partial charge on any atom is 0.357 e. The third-order valence-electron chi connectivity index (χ3n) is 4.27. The predicted molar refractivity (Wildman–Crippen MR) is 101 cm³/mol. The molecule has 3 aromatic carbocycles. The molecule has 0 fully saturated rings. The maximum atomic E-state index is 12.5. The molecule has 0 saturated heterocycles. The van der Waals surface area contributed by atoms with E-state index in [4.69, 9.17) is 4.74 Å². The molecule has 25 heavy (non-hydrogen) atoms. The molecule has 0 amide bonds. The Morgan fingerprint density at radius 1 is 0.880 bits per heavy atom. The van der Waals surface area contributed by atoms with Crippen LogP contribution in [0.25, 0.3) is 32.8 Å². The van der Waals surface area contributed by atoms with Crippen LogP contribution in [-0.2, 0) is 4.74 Å². The number of nitrogens with zero attached hydrogens (tertiary/aromatic N) is 1. The zero-order valence-electron chi connectivity index (χ0n) is 13.9. The maximum absolute atomic E-state index is 12.5. The number of hydrogen-bond donors (Lipinski definition) is 0. The Labute approximate surface area is 145 Å². The molecule has 3 nitrogen and oxygen atoms in total. The minimum absolute atomic E-state index is 0.322. The van der Waals surface area contributed by atoms with E-state index < -0.39 is 5.97 Å². The highest BCUT2D eigenvalue weighted by atomic mass is 16.5. The fraction of sp³-hybridized carbons (Fsp3) is 0.0909. The van der Waals surface area contributed by atoms with Crippen molar-refractivity contribution in [1.29, 1.82) is 0 Å². The number of esters is 1. The lowest BCUT2D eigenvalue weighted by Gasteiger charge is -2.12. The van der Waals surface area contributed by atoms with E-state index >= 15 is 0 Å². The van der Waals surface area contributed by atoms with E-state index in [9.17, 15) is 4.79 Å². The molecule has 1 heterocycles. The zero-order chi connectivity index (χ0) is 17.2. The van der Waals surface area contributed by atoms with Crippen molar-refractivity contribution in [2.75, 3.05) is 6.61 Å². The van der Waals surface area contributed by atoms with Crippen molar-refractivity contribution >= 4 is 27.6 Å². The number of hydrogen-bond acceptors (Lipinski definition) is 3. The summed E-state index contributed by atoms with van der Waals surface area (Å²) in [4.78, 5) is 17.1. The molecule has 122 valence electrons. The fourth-order valence-electron chi connectivity index (χ4n) is 3.14. The smallest absolute Gasteiger partial charge is 0.357 e. The Morgan fingerprint density at radius 3 is 2.44 bits per heavy atom. The average molecular weight is 327 g/mol. The summed E-state index contributed by atoms with van der Waals surface area (Å²) in [5.41, 5.74) is 2.93. The molecule has 0 aliphatic rings. The quantitative estimate of drug-likeness (QED) is 0.484. The van der Waals surface area contributed by atoms with Gasteiger partial charge in [0, 0.05) is 10.9 Å². The van der Waals surface area contributed by atoms with Gasteiger partial charge in [-0.05, 0) is 35.4 Å². The number of ether oxygens (including phenoxy) is 1. The van der Waals surface area contributed by atoms with Crippen molar-refractivity contribution in [3.8, 4) is 11.1 Å². The number of aromatic nitrogens is 1. The second-order valence-corrected chi connectivity index (χ2v) is 5.82. The SMILES string of the molecule is CCOC(=O)c1nc2ccccc2cc1-c1cccc2ccccc12. The number of para-hydroxylation sites is 1. The normalized spacial score (nSPS) is 10.9. The van der Waals surface area contributed by atoms with E-state index in [1.807, 2.05) is 54.6 Å². The van der Waals surface area contributed by atoms with E-state index in [2.05, 4.69) is 23.2 Å². The highest BCUT2D eigenvalue weighted by Gasteiger charge is 2.18. The number of fused-ring (bicyclic) bond motifs is 2. The van der Waals surface area contributed by atoms with Crippen molar-refractivity contribution in [2.45, 2.75) is 6.92 Å². The van der Waals surface area contributed by atoms with Crippen LogP contribution in [0.1, 0.15) is 17.4 Å². The first-order chi connectivity index (χ1) is 12.3. The largest absolute Gasteiger partial charge is 0.461 e. The Morgan fingerprint density at radius 2 is 1.60 bits per heavy atom. The van der Waals surface area contributed by atoms with Gasteiger partial charge in [0.25, 0.3) is 0 Å². The van der Waals surface area contributed by atoms with Crippen LogP contribution in [0, 0.1) is 0 Å². The first-order valence-corrected chi connectivity index (χ1v) is 8.33. The topological polar surface area (TPSA) is 39.2 Å². The highest BCUT2D eigenvalue weighted by Crippen LogP contribution is 2.32. The minimum Gasteiger partial charge on any atom is -0.461 e. The summed E-state index contributed by atoms with van der Waals surface area (Å²) >= 11 is 0. The molecule has 3 heteroatoms. The standard InChI is InChI=1S/C22H17NO2/c1-2-25-22(24)21-19(14-16-9-4-6-13-20(16)23-21)18-12-7-10-15-8-3-5-11-17(15)18/h3-14H,2H2,1H3. The molecule has 0 atom stereocenters. The summed E-state index contributed by atoms with van der Waals surface area (Å²) in [6.45, 7) is 2.12. The van der Waals surface area contributed by atoms with Gasteiger partial charge in [-0.1, -0.05) is 60.7 Å². The van der Waals surface area contributed by atoms with Crippen LogP contribution in [-0.4, -0.2) is 17.6 Å².